The van der Waals surface area contributed by atoms with Crippen molar-refractivity contribution in [2.45, 2.75) is 0 Å². The average Bonchev–Trinajstić information content (AvgIpc) is 2.70. The molecule has 134 valence electrons. The van der Waals surface area contributed by atoms with Crippen LogP contribution in [-0.2, 0) is 0 Å². The molecule has 0 aliphatic rings. The Hall–Kier alpha value is -3.44. The van der Waals surface area contributed by atoms with E-state index in [1.165, 1.54) is 6.21 Å². The first-order valence-corrected chi connectivity index (χ1v) is 8.46. The van der Waals surface area contributed by atoms with Crippen LogP contribution in [0.1, 0.15) is 26.3 Å². The molecule has 27 heavy (non-hydrogen) atoms. The summed E-state index contributed by atoms with van der Waals surface area (Å²) in [4.78, 5) is 24.3. The van der Waals surface area contributed by atoms with Crippen molar-refractivity contribution in [3.05, 3.63) is 101 Å². The number of hydrogen-bond acceptors (Lipinski definition) is 4. The smallest absolute Gasteiger partial charge is 0.343 e. The van der Waals surface area contributed by atoms with Gasteiger partial charge in [0.1, 0.15) is 5.75 Å². The van der Waals surface area contributed by atoms with E-state index in [1.54, 1.807) is 72.8 Å². The number of carbonyl (C=O) groups is 2. The van der Waals surface area contributed by atoms with Crippen molar-refractivity contribution in [3.63, 3.8) is 0 Å². The lowest BCUT2D eigenvalue weighted by molar-refractivity contribution is 0.0734. The number of hydrogen-bond donors (Lipinski definition) is 1. The minimum absolute atomic E-state index is 0.329. The van der Waals surface area contributed by atoms with Crippen LogP contribution in [0.2, 0.25) is 5.02 Å². The van der Waals surface area contributed by atoms with E-state index < -0.39 is 5.97 Å². The lowest BCUT2D eigenvalue weighted by Crippen LogP contribution is -2.17. The number of rotatable bonds is 5. The van der Waals surface area contributed by atoms with Crippen molar-refractivity contribution >= 4 is 29.7 Å². The summed E-state index contributed by atoms with van der Waals surface area (Å²) in [7, 11) is 0. The Kier molecular flexibility index (Phi) is 5.97. The molecule has 0 atom stereocenters. The van der Waals surface area contributed by atoms with E-state index in [0.717, 1.165) is 0 Å². The molecule has 3 aromatic carbocycles. The fourth-order valence-corrected chi connectivity index (χ4v) is 2.37. The number of para-hydroxylation sites is 1. The highest BCUT2D eigenvalue weighted by atomic mass is 35.5. The summed E-state index contributed by atoms with van der Waals surface area (Å²) in [6.07, 6.45) is 1.42. The summed E-state index contributed by atoms with van der Waals surface area (Å²) in [6, 6.07) is 22.0. The van der Waals surface area contributed by atoms with Crippen LogP contribution in [0.3, 0.4) is 0 Å². The quantitative estimate of drug-likeness (QED) is 0.311. The molecule has 0 bridgehead atoms. The molecule has 3 rings (SSSR count). The van der Waals surface area contributed by atoms with Gasteiger partial charge in [0, 0.05) is 16.1 Å². The standard InChI is InChI=1S/C21H15ClN2O3/c22-18-12-10-16(11-13-18)21(26)27-19-9-5-4-8-17(19)14-23-24-20(25)15-6-2-1-3-7-15/h1-14H,(H,24,25)/b23-14-. The van der Waals surface area contributed by atoms with E-state index in [0.29, 0.717) is 27.5 Å². The molecule has 1 amide bonds. The predicted octanol–water partition coefficient (Wildman–Crippen LogP) is 4.32. The van der Waals surface area contributed by atoms with E-state index in [1.807, 2.05) is 6.07 Å². The van der Waals surface area contributed by atoms with Gasteiger partial charge in [0.15, 0.2) is 0 Å². The van der Waals surface area contributed by atoms with Gasteiger partial charge in [-0.25, -0.2) is 10.2 Å². The average molecular weight is 379 g/mol. The molecule has 0 aromatic heterocycles. The number of ether oxygens (including phenoxy) is 1. The summed E-state index contributed by atoms with van der Waals surface area (Å²) >= 11 is 5.82. The maximum absolute atomic E-state index is 12.3. The van der Waals surface area contributed by atoms with E-state index in [9.17, 15) is 9.59 Å². The van der Waals surface area contributed by atoms with Crippen molar-refractivity contribution in [2.75, 3.05) is 0 Å². The van der Waals surface area contributed by atoms with Gasteiger partial charge >= 0.3 is 5.97 Å². The van der Waals surface area contributed by atoms with Crippen LogP contribution in [-0.4, -0.2) is 18.1 Å². The van der Waals surface area contributed by atoms with E-state index in [4.69, 9.17) is 16.3 Å². The second-order valence-corrected chi connectivity index (χ2v) is 5.94. The molecular formula is C21H15ClN2O3. The highest BCUT2D eigenvalue weighted by Gasteiger charge is 2.11. The second-order valence-electron chi connectivity index (χ2n) is 5.50. The van der Waals surface area contributed by atoms with Crippen LogP contribution >= 0.6 is 11.6 Å². The molecule has 0 saturated heterocycles. The first-order valence-electron chi connectivity index (χ1n) is 8.09. The number of halogens is 1. The third-order valence-corrected chi connectivity index (χ3v) is 3.86. The van der Waals surface area contributed by atoms with Gasteiger partial charge in [0.05, 0.1) is 11.8 Å². The number of nitrogens with one attached hydrogen (secondary N) is 1. The molecule has 6 heteroatoms. The Morgan fingerprint density at radius 2 is 1.52 bits per heavy atom. The molecule has 3 aromatic rings. The SMILES string of the molecule is O=C(N/N=C\c1ccccc1OC(=O)c1ccc(Cl)cc1)c1ccccc1. The Morgan fingerprint density at radius 1 is 0.852 bits per heavy atom. The maximum Gasteiger partial charge on any atom is 0.343 e. The van der Waals surface area contributed by atoms with Gasteiger partial charge in [-0.3, -0.25) is 4.79 Å². The first kappa shape index (κ1) is 18.4. The number of esters is 1. The zero-order valence-corrected chi connectivity index (χ0v) is 14.9. The van der Waals surface area contributed by atoms with E-state index in [-0.39, 0.29) is 5.91 Å². The molecule has 0 aliphatic heterocycles. The van der Waals surface area contributed by atoms with Crippen LogP contribution in [0.4, 0.5) is 0 Å². The highest BCUT2D eigenvalue weighted by molar-refractivity contribution is 6.30. The van der Waals surface area contributed by atoms with Gasteiger partial charge < -0.3 is 4.74 Å². The molecule has 0 aliphatic carbocycles. The van der Waals surface area contributed by atoms with E-state index in [2.05, 4.69) is 10.5 Å². The molecule has 0 unspecified atom stereocenters. The fraction of sp³-hybridized carbons (Fsp3) is 0. The van der Waals surface area contributed by atoms with Crippen LogP contribution in [0, 0.1) is 0 Å². The lowest BCUT2D eigenvalue weighted by Gasteiger charge is -2.07. The molecular weight excluding hydrogens is 364 g/mol. The number of benzene rings is 3. The third-order valence-electron chi connectivity index (χ3n) is 3.61. The lowest BCUT2D eigenvalue weighted by atomic mass is 10.2. The number of carbonyl (C=O) groups excluding carboxylic acids is 2. The number of nitrogens with zero attached hydrogens (tertiary/aromatic N) is 1. The minimum Gasteiger partial charge on any atom is -0.422 e. The number of amides is 1. The molecule has 0 heterocycles. The van der Waals surface area contributed by atoms with Crippen molar-refractivity contribution in [1.29, 1.82) is 0 Å². The zero-order valence-electron chi connectivity index (χ0n) is 14.1. The molecule has 0 fully saturated rings. The maximum atomic E-state index is 12.3. The molecule has 5 nitrogen and oxygen atoms in total. The summed E-state index contributed by atoms with van der Waals surface area (Å²) in [5.74, 6) is -0.515. The van der Waals surface area contributed by atoms with Crippen LogP contribution in [0.15, 0.2) is 84.0 Å². The van der Waals surface area contributed by atoms with Crippen LogP contribution in [0.5, 0.6) is 5.75 Å². The minimum atomic E-state index is -0.513. The third kappa shape index (κ3) is 5.03. The van der Waals surface area contributed by atoms with Crippen molar-refractivity contribution in [3.8, 4) is 5.75 Å². The fourth-order valence-electron chi connectivity index (χ4n) is 2.24. The summed E-state index contributed by atoms with van der Waals surface area (Å²) in [5, 5.41) is 4.47. The largest absolute Gasteiger partial charge is 0.422 e. The van der Waals surface area contributed by atoms with Gasteiger partial charge in [-0.1, -0.05) is 41.9 Å². The summed E-state index contributed by atoms with van der Waals surface area (Å²) < 4.78 is 5.43. The first-order chi connectivity index (χ1) is 13.1. The monoisotopic (exact) mass is 378 g/mol. The normalized spacial score (nSPS) is 10.6. The topological polar surface area (TPSA) is 67.8 Å². The highest BCUT2D eigenvalue weighted by Crippen LogP contribution is 2.18. The van der Waals surface area contributed by atoms with Gasteiger partial charge in [-0.15, -0.1) is 0 Å². The van der Waals surface area contributed by atoms with Crippen LogP contribution < -0.4 is 10.2 Å². The molecule has 0 spiro atoms. The van der Waals surface area contributed by atoms with Crippen molar-refractivity contribution in [2.24, 2.45) is 5.10 Å². The Bertz CT molecular complexity index is 970. The van der Waals surface area contributed by atoms with Crippen molar-refractivity contribution < 1.29 is 14.3 Å². The second kappa shape index (κ2) is 8.78. The summed E-state index contributed by atoms with van der Waals surface area (Å²) in [5.41, 5.74) is 3.87. The predicted molar refractivity (Wildman–Crippen MR) is 104 cm³/mol. The zero-order chi connectivity index (χ0) is 19.1. The Balaban J connectivity index is 1.69. The molecule has 0 saturated carbocycles. The van der Waals surface area contributed by atoms with Gasteiger partial charge in [0.2, 0.25) is 0 Å². The molecule has 0 radical (unpaired) electrons. The van der Waals surface area contributed by atoms with Gasteiger partial charge in [-0.2, -0.15) is 5.10 Å². The Morgan fingerprint density at radius 3 is 2.26 bits per heavy atom. The van der Waals surface area contributed by atoms with Crippen LogP contribution in [0.25, 0.3) is 0 Å². The van der Waals surface area contributed by atoms with Gasteiger partial charge in [0.25, 0.3) is 5.91 Å². The Labute approximate surface area is 161 Å². The van der Waals surface area contributed by atoms with Gasteiger partial charge in [-0.05, 0) is 48.5 Å². The summed E-state index contributed by atoms with van der Waals surface area (Å²) in [6.45, 7) is 0. The molecule has 1 N–H and O–H groups in total. The van der Waals surface area contributed by atoms with Crippen molar-refractivity contribution in [1.82, 2.24) is 5.43 Å². The van der Waals surface area contributed by atoms with E-state index >= 15 is 0 Å². The number of hydrazone groups is 1.